The Morgan fingerprint density at radius 1 is 1.29 bits per heavy atom. The molecule has 2 fully saturated rings. The molecule has 7 heteroatoms. The van der Waals surface area contributed by atoms with Crippen LogP contribution in [0.1, 0.15) is 46.5 Å². The molecule has 2 saturated heterocycles. The van der Waals surface area contributed by atoms with Gasteiger partial charge in [-0.3, -0.25) is 0 Å². The number of sulfone groups is 1. The molecular weight excluding hydrogens is 292 g/mol. The highest BCUT2D eigenvalue weighted by Gasteiger charge is 2.48. The van der Waals surface area contributed by atoms with E-state index in [4.69, 9.17) is 10.5 Å². The standard InChI is InChI=1S/C14H26N2O4S/c1-13(2,3)20-12(17)16-7-4-11(15)10-14(16)5-8-21(18,19)9-6-14/h11H,4-10,15H2,1-3H3. The van der Waals surface area contributed by atoms with Gasteiger partial charge in [0.2, 0.25) is 0 Å². The number of carbonyl (C=O) groups excluding carboxylic acids is 1. The molecule has 2 aliphatic heterocycles. The highest BCUT2D eigenvalue weighted by atomic mass is 32.2. The van der Waals surface area contributed by atoms with E-state index < -0.39 is 21.0 Å². The van der Waals surface area contributed by atoms with Crippen LogP contribution in [0.5, 0.6) is 0 Å². The summed E-state index contributed by atoms with van der Waals surface area (Å²) in [6.45, 7) is 6.03. The summed E-state index contributed by atoms with van der Waals surface area (Å²) in [5.74, 6) is 0.248. The van der Waals surface area contributed by atoms with Gasteiger partial charge in [0.25, 0.3) is 0 Å². The van der Waals surface area contributed by atoms with Crippen LogP contribution in [0.4, 0.5) is 4.79 Å². The fourth-order valence-electron chi connectivity index (χ4n) is 3.23. The van der Waals surface area contributed by atoms with E-state index >= 15 is 0 Å². The van der Waals surface area contributed by atoms with Crippen molar-refractivity contribution in [2.45, 2.75) is 63.6 Å². The van der Waals surface area contributed by atoms with Gasteiger partial charge in [-0.1, -0.05) is 0 Å². The van der Waals surface area contributed by atoms with Crippen LogP contribution in [0.25, 0.3) is 0 Å². The second kappa shape index (κ2) is 5.43. The molecule has 0 aliphatic carbocycles. The van der Waals surface area contributed by atoms with Crippen molar-refractivity contribution < 1.29 is 17.9 Å². The Morgan fingerprint density at radius 3 is 2.38 bits per heavy atom. The summed E-state index contributed by atoms with van der Waals surface area (Å²) in [7, 11) is -2.98. The van der Waals surface area contributed by atoms with Gasteiger partial charge >= 0.3 is 6.09 Å². The summed E-state index contributed by atoms with van der Waals surface area (Å²) in [5.41, 5.74) is 5.06. The van der Waals surface area contributed by atoms with Crippen molar-refractivity contribution in [3.05, 3.63) is 0 Å². The number of carbonyl (C=O) groups is 1. The maximum Gasteiger partial charge on any atom is 0.410 e. The molecular formula is C14H26N2O4S. The van der Waals surface area contributed by atoms with Gasteiger partial charge in [0.15, 0.2) is 0 Å². The Morgan fingerprint density at radius 2 is 1.86 bits per heavy atom. The third-order valence-corrected chi connectivity index (χ3v) is 5.96. The molecule has 0 saturated carbocycles. The normalized spacial score (nSPS) is 28.4. The number of piperidine rings is 1. The first-order valence-corrected chi connectivity index (χ1v) is 9.32. The van der Waals surface area contributed by atoms with Gasteiger partial charge < -0.3 is 15.4 Å². The lowest BCUT2D eigenvalue weighted by atomic mass is 9.80. The average molecular weight is 318 g/mol. The van der Waals surface area contributed by atoms with Crippen LogP contribution in [0.15, 0.2) is 0 Å². The number of hydrogen-bond acceptors (Lipinski definition) is 5. The Bertz CT molecular complexity index is 496. The third kappa shape index (κ3) is 3.88. The second-order valence-corrected chi connectivity index (χ2v) is 9.56. The molecule has 0 aromatic carbocycles. The zero-order chi connectivity index (χ0) is 15.9. The highest BCUT2D eigenvalue weighted by Crippen LogP contribution is 2.38. The minimum atomic E-state index is -2.98. The number of nitrogens with zero attached hydrogens (tertiary/aromatic N) is 1. The zero-order valence-electron chi connectivity index (χ0n) is 13.1. The summed E-state index contributed by atoms with van der Waals surface area (Å²) in [6.07, 6.45) is 1.95. The van der Waals surface area contributed by atoms with E-state index in [1.807, 2.05) is 20.8 Å². The lowest BCUT2D eigenvalue weighted by molar-refractivity contribution is -0.0220. The van der Waals surface area contributed by atoms with Crippen molar-refractivity contribution in [2.75, 3.05) is 18.1 Å². The summed E-state index contributed by atoms with van der Waals surface area (Å²) < 4.78 is 28.9. The largest absolute Gasteiger partial charge is 0.444 e. The summed E-state index contributed by atoms with van der Waals surface area (Å²) in [5, 5.41) is 0. The Kier molecular flexibility index (Phi) is 4.28. The molecule has 2 rings (SSSR count). The molecule has 0 bridgehead atoms. The van der Waals surface area contributed by atoms with Crippen molar-refractivity contribution in [2.24, 2.45) is 5.73 Å². The van der Waals surface area contributed by atoms with E-state index in [2.05, 4.69) is 0 Å². The van der Waals surface area contributed by atoms with Gasteiger partial charge in [0.1, 0.15) is 15.4 Å². The zero-order valence-corrected chi connectivity index (χ0v) is 13.9. The second-order valence-electron chi connectivity index (χ2n) is 7.26. The molecule has 21 heavy (non-hydrogen) atoms. The smallest absolute Gasteiger partial charge is 0.410 e. The molecule has 6 nitrogen and oxygen atoms in total. The predicted octanol–water partition coefficient (Wildman–Crippen LogP) is 1.29. The first-order chi connectivity index (χ1) is 9.53. The van der Waals surface area contributed by atoms with E-state index in [9.17, 15) is 13.2 Å². The molecule has 0 aromatic rings. The fraction of sp³-hybridized carbons (Fsp3) is 0.929. The Balaban J connectivity index is 2.20. The molecule has 122 valence electrons. The minimum absolute atomic E-state index is 0.0180. The number of likely N-dealkylation sites (tertiary alicyclic amines) is 1. The molecule has 2 aliphatic rings. The number of ether oxygens (including phenoxy) is 1. The molecule has 2 heterocycles. The van der Waals surface area contributed by atoms with Crippen LogP contribution in [0, 0.1) is 0 Å². The van der Waals surface area contributed by atoms with E-state index in [1.165, 1.54) is 0 Å². The van der Waals surface area contributed by atoms with Crippen LogP contribution in [-0.4, -0.2) is 54.6 Å². The van der Waals surface area contributed by atoms with Crippen molar-refractivity contribution in [1.29, 1.82) is 0 Å². The van der Waals surface area contributed by atoms with Gasteiger partial charge in [-0.05, 0) is 46.5 Å². The number of hydrogen-bond donors (Lipinski definition) is 1. The maximum absolute atomic E-state index is 12.5. The topological polar surface area (TPSA) is 89.7 Å². The van der Waals surface area contributed by atoms with Gasteiger partial charge in [0.05, 0.1) is 11.5 Å². The predicted molar refractivity (Wildman–Crippen MR) is 80.8 cm³/mol. The Hall–Kier alpha value is -0.820. The minimum Gasteiger partial charge on any atom is -0.444 e. The van der Waals surface area contributed by atoms with Crippen molar-refractivity contribution >= 4 is 15.9 Å². The van der Waals surface area contributed by atoms with Gasteiger partial charge in [-0.2, -0.15) is 0 Å². The van der Waals surface area contributed by atoms with Crippen molar-refractivity contribution in [1.82, 2.24) is 4.90 Å². The van der Waals surface area contributed by atoms with E-state index in [0.717, 1.165) is 6.42 Å². The van der Waals surface area contributed by atoms with E-state index in [0.29, 0.717) is 25.8 Å². The quantitative estimate of drug-likeness (QED) is 0.727. The third-order valence-electron chi connectivity index (χ3n) is 4.31. The summed E-state index contributed by atoms with van der Waals surface area (Å²) in [4.78, 5) is 14.2. The first kappa shape index (κ1) is 16.5. The van der Waals surface area contributed by atoms with Crippen LogP contribution in [0.3, 0.4) is 0 Å². The van der Waals surface area contributed by atoms with Crippen LogP contribution in [-0.2, 0) is 14.6 Å². The highest BCUT2D eigenvalue weighted by molar-refractivity contribution is 7.91. The number of rotatable bonds is 0. The van der Waals surface area contributed by atoms with Gasteiger partial charge in [-0.15, -0.1) is 0 Å². The lowest BCUT2D eigenvalue weighted by Crippen LogP contribution is -2.62. The van der Waals surface area contributed by atoms with Crippen LogP contribution < -0.4 is 5.73 Å². The van der Waals surface area contributed by atoms with Crippen LogP contribution in [0.2, 0.25) is 0 Å². The molecule has 1 amide bonds. The number of nitrogens with two attached hydrogens (primary N) is 1. The van der Waals surface area contributed by atoms with Crippen molar-refractivity contribution in [3.63, 3.8) is 0 Å². The molecule has 1 atom stereocenters. The average Bonchev–Trinajstić information content (AvgIpc) is 2.31. The molecule has 0 aromatic heterocycles. The molecule has 2 N–H and O–H groups in total. The van der Waals surface area contributed by atoms with Crippen molar-refractivity contribution in [3.8, 4) is 0 Å². The van der Waals surface area contributed by atoms with Gasteiger partial charge in [0, 0.05) is 18.1 Å². The molecule has 0 radical (unpaired) electrons. The van der Waals surface area contributed by atoms with E-state index in [1.54, 1.807) is 4.90 Å². The summed E-state index contributed by atoms with van der Waals surface area (Å²) >= 11 is 0. The monoisotopic (exact) mass is 318 g/mol. The Labute approximate surface area is 126 Å². The maximum atomic E-state index is 12.5. The molecule has 1 unspecified atom stereocenters. The first-order valence-electron chi connectivity index (χ1n) is 7.50. The van der Waals surface area contributed by atoms with E-state index in [-0.39, 0.29) is 23.6 Å². The summed E-state index contributed by atoms with van der Waals surface area (Å²) in [6, 6.07) is 0.0180. The van der Waals surface area contributed by atoms with Gasteiger partial charge in [-0.25, -0.2) is 13.2 Å². The molecule has 1 spiro atoms. The lowest BCUT2D eigenvalue weighted by Gasteiger charge is -2.50. The SMILES string of the molecule is CC(C)(C)OC(=O)N1CCC(N)CC12CCS(=O)(=O)CC2. The van der Waals surface area contributed by atoms with Crippen LogP contribution >= 0.6 is 0 Å². The number of amides is 1. The fourth-order valence-corrected chi connectivity index (χ4v) is 4.81.